The molecule has 2 rings (SSSR count). The van der Waals surface area contributed by atoms with Crippen LogP contribution in [0.4, 0.5) is 0 Å². The van der Waals surface area contributed by atoms with E-state index in [0.717, 1.165) is 11.1 Å². The topological polar surface area (TPSA) is 46.2 Å². The molecule has 102 valence electrons. The lowest BCUT2D eigenvalue weighted by atomic mass is 9.77. The summed E-state index contributed by atoms with van der Waals surface area (Å²) in [6.45, 7) is 4.70. The highest BCUT2D eigenvalue weighted by atomic mass is 35.5. The molecule has 0 heterocycles. The highest BCUT2D eigenvalue weighted by molar-refractivity contribution is 5.85. The molecule has 2 aromatic carbocycles. The molecule has 0 atom stereocenters. The Labute approximate surface area is 120 Å². The number of halogens is 1. The first-order valence-electron chi connectivity index (χ1n) is 6.13. The van der Waals surface area contributed by atoms with Crippen molar-refractivity contribution in [3.63, 3.8) is 0 Å². The minimum absolute atomic E-state index is 0. The summed E-state index contributed by atoms with van der Waals surface area (Å²) in [6, 6.07) is 16.0. The van der Waals surface area contributed by atoms with Gasteiger partial charge in [0.2, 0.25) is 0 Å². The van der Waals surface area contributed by atoms with Crippen LogP contribution in [0.3, 0.4) is 0 Å². The number of rotatable bonds is 3. The second-order valence-electron chi connectivity index (χ2n) is 5.04. The predicted octanol–water partition coefficient (Wildman–Crippen LogP) is 3.60. The van der Waals surface area contributed by atoms with Crippen LogP contribution in [0.2, 0.25) is 0 Å². The standard InChI is InChI=1S/C16H19NO.ClH/c1-16(2,13-6-4-3-5-7-13)14-8-9-15(18)12(10-14)11-17;/h3-10,18H,11,17H2,1-2H3;1H. The number of benzene rings is 2. The molecule has 0 radical (unpaired) electrons. The first-order valence-corrected chi connectivity index (χ1v) is 6.13. The summed E-state index contributed by atoms with van der Waals surface area (Å²) in [4.78, 5) is 0. The molecule has 0 aromatic heterocycles. The van der Waals surface area contributed by atoms with E-state index in [0.29, 0.717) is 6.54 Å². The number of hydrogen-bond donors (Lipinski definition) is 2. The molecule has 0 fully saturated rings. The van der Waals surface area contributed by atoms with Gasteiger partial charge in [0.05, 0.1) is 0 Å². The predicted molar refractivity (Wildman–Crippen MR) is 81.8 cm³/mol. The molecule has 0 bridgehead atoms. The maximum atomic E-state index is 9.69. The van der Waals surface area contributed by atoms with Crippen LogP contribution in [0.15, 0.2) is 48.5 Å². The third-order valence-corrected chi connectivity index (χ3v) is 3.52. The molecule has 3 heteroatoms. The highest BCUT2D eigenvalue weighted by Gasteiger charge is 2.23. The minimum atomic E-state index is -0.0983. The quantitative estimate of drug-likeness (QED) is 0.900. The van der Waals surface area contributed by atoms with Gasteiger partial charge in [-0.2, -0.15) is 0 Å². The molecule has 19 heavy (non-hydrogen) atoms. The van der Waals surface area contributed by atoms with Crippen LogP contribution in [0.25, 0.3) is 0 Å². The van der Waals surface area contributed by atoms with E-state index in [1.54, 1.807) is 6.07 Å². The third kappa shape index (κ3) is 3.09. The van der Waals surface area contributed by atoms with Gasteiger partial charge in [0, 0.05) is 17.5 Å². The molecule has 0 aliphatic carbocycles. The van der Waals surface area contributed by atoms with Crippen LogP contribution in [0, 0.1) is 0 Å². The van der Waals surface area contributed by atoms with Gasteiger partial charge in [-0.15, -0.1) is 12.4 Å². The Kier molecular flexibility index (Phi) is 4.98. The molecule has 3 N–H and O–H groups in total. The monoisotopic (exact) mass is 277 g/mol. The number of phenolic OH excluding ortho intramolecular Hbond substituents is 1. The Morgan fingerprint density at radius 2 is 1.63 bits per heavy atom. The van der Waals surface area contributed by atoms with Gasteiger partial charge in [-0.25, -0.2) is 0 Å². The molecule has 0 aliphatic rings. The molecule has 0 unspecified atom stereocenters. The van der Waals surface area contributed by atoms with Crippen molar-refractivity contribution < 1.29 is 5.11 Å². The third-order valence-electron chi connectivity index (χ3n) is 3.52. The van der Waals surface area contributed by atoms with Gasteiger partial charge in [0.25, 0.3) is 0 Å². The molecule has 2 nitrogen and oxygen atoms in total. The maximum absolute atomic E-state index is 9.69. The molecular formula is C16H20ClNO. The number of aromatic hydroxyl groups is 1. The fourth-order valence-electron chi connectivity index (χ4n) is 2.16. The van der Waals surface area contributed by atoms with E-state index in [9.17, 15) is 5.11 Å². The van der Waals surface area contributed by atoms with Crippen LogP contribution < -0.4 is 5.73 Å². The summed E-state index contributed by atoms with van der Waals surface area (Å²) in [5.74, 6) is 0.269. The molecule has 0 spiro atoms. The largest absolute Gasteiger partial charge is 0.508 e. The van der Waals surface area contributed by atoms with E-state index in [-0.39, 0.29) is 23.6 Å². The van der Waals surface area contributed by atoms with Crippen molar-refractivity contribution in [3.05, 3.63) is 65.2 Å². The first kappa shape index (κ1) is 15.5. The van der Waals surface area contributed by atoms with Gasteiger partial charge in [0.15, 0.2) is 0 Å². The van der Waals surface area contributed by atoms with Gasteiger partial charge in [0.1, 0.15) is 5.75 Å². The van der Waals surface area contributed by atoms with Gasteiger partial charge < -0.3 is 10.8 Å². The lowest BCUT2D eigenvalue weighted by Crippen LogP contribution is -2.19. The number of hydrogen-bond acceptors (Lipinski definition) is 2. The van der Waals surface area contributed by atoms with Crippen molar-refractivity contribution >= 4 is 12.4 Å². The van der Waals surface area contributed by atoms with Crippen molar-refractivity contribution in [2.75, 3.05) is 0 Å². The number of phenols is 1. The Bertz CT molecular complexity index is 538. The summed E-state index contributed by atoms with van der Waals surface area (Å²) >= 11 is 0. The van der Waals surface area contributed by atoms with Crippen molar-refractivity contribution in [2.24, 2.45) is 5.73 Å². The summed E-state index contributed by atoms with van der Waals surface area (Å²) in [5, 5.41) is 9.69. The zero-order valence-corrected chi connectivity index (χ0v) is 12.1. The van der Waals surface area contributed by atoms with Crippen LogP contribution in [-0.4, -0.2) is 5.11 Å². The van der Waals surface area contributed by atoms with Crippen molar-refractivity contribution in [1.82, 2.24) is 0 Å². The average Bonchev–Trinajstić information content (AvgIpc) is 2.40. The van der Waals surface area contributed by atoms with E-state index in [4.69, 9.17) is 5.73 Å². The SMILES string of the molecule is CC(C)(c1ccccc1)c1ccc(O)c(CN)c1.Cl. The van der Waals surface area contributed by atoms with Crippen LogP contribution in [0.1, 0.15) is 30.5 Å². The average molecular weight is 278 g/mol. The lowest BCUT2D eigenvalue weighted by Gasteiger charge is -2.26. The van der Waals surface area contributed by atoms with Crippen LogP contribution in [0.5, 0.6) is 5.75 Å². The molecule has 0 amide bonds. The van der Waals surface area contributed by atoms with E-state index < -0.39 is 0 Å². The fraction of sp³-hybridized carbons (Fsp3) is 0.250. The molecular weight excluding hydrogens is 258 g/mol. The van der Waals surface area contributed by atoms with E-state index in [1.807, 2.05) is 30.3 Å². The molecule has 0 aliphatic heterocycles. The molecule has 0 saturated carbocycles. The lowest BCUT2D eigenvalue weighted by molar-refractivity contribution is 0.467. The summed E-state index contributed by atoms with van der Waals surface area (Å²) in [6.07, 6.45) is 0. The second-order valence-corrected chi connectivity index (χ2v) is 5.04. The van der Waals surface area contributed by atoms with Crippen molar-refractivity contribution in [2.45, 2.75) is 25.8 Å². The molecule has 0 saturated heterocycles. The summed E-state index contributed by atoms with van der Waals surface area (Å²) in [5.41, 5.74) is 8.74. The Hall–Kier alpha value is -1.51. The summed E-state index contributed by atoms with van der Waals surface area (Å²) in [7, 11) is 0. The maximum Gasteiger partial charge on any atom is 0.120 e. The van der Waals surface area contributed by atoms with Crippen LogP contribution >= 0.6 is 12.4 Å². The minimum Gasteiger partial charge on any atom is -0.508 e. The smallest absolute Gasteiger partial charge is 0.120 e. The normalized spacial score (nSPS) is 10.9. The van der Waals surface area contributed by atoms with E-state index in [1.165, 1.54) is 5.56 Å². The van der Waals surface area contributed by atoms with Crippen molar-refractivity contribution in [1.29, 1.82) is 0 Å². The van der Waals surface area contributed by atoms with Crippen molar-refractivity contribution in [3.8, 4) is 5.75 Å². The Morgan fingerprint density at radius 3 is 2.21 bits per heavy atom. The number of nitrogens with two attached hydrogens (primary N) is 1. The van der Waals surface area contributed by atoms with E-state index in [2.05, 4.69) is 26.0 Å². The van der Waals surface area contributed by atoms with E-state index >= 15 is 0 Å². The van der Waals surface area contributed by atoms with Crippen LogP contribution in [-0.2, 0) is 12.0 Å². The second kappa shape index (κ2) is 6.09. The first-order chi connectivity index (χ1) is 8.55. The molecule has 2 aromatic rings. The fourth-order valence-corrected chi connectivity index (χ4v) is 2.16. The van der Waals surface area contributed by atoms with Gasteiger partial charge in [-0.05, 0) is 23.3 Å². The zero-order chi connectivity index (χ0) is 13.2. The summed E-state index contributed by atoms with van der Waals surface area (Å²) < 4.78 is 0. The van der Waals surface area contributed by atoms with Gasteiger partial charge in [-0.1, -0.05) is 50.2 Å². The van der Waals surface area contributed by atoms with Gasteiger partial charge >= 0.3 is 0 Å². The Balaban J connectivity index is 0.00000180. The zero-order valence-electron chi connectivity index (χ0n) is 11.3. The highest BCUT2D eigenvalue weighted by Crippen LogP contribution is 2.33. The van der Waals surface area contributed by atoms with Gasteiger partial charge in [-0.3, -0.25) is 0 Å². The Morgan fingerprint density at radius 1 is 1.00 bits per heavy atom.